The molecule has 0 unspecified atom stereocenters. The minimum atomic E-state index is -0.676. The first-order chi connectivity index (χ1) is 66.3. The molecule has 10 aliphatic carbocycles. The van der Waals surface area contributed by atoms with Crippen LogP contribution in [-0.4, -0.2) is 86.0 Å². The van der Waals surface area contributed by atoms with Crippen LogP contribution in [0.4, 0.5) is 0 Å². The summed E-state index contributed by atoms with van der Waals surface area (Å²) < 4.78 is 0. The van der Waals surface area contributed by atoms with Gasteiger partial charge in [0.05, 0.1) is 27.1 Å². The van der Waals surface area contributed by atoms with Gasteiger partial charge in [-0.25, -0.2) is 0 Å². The van der Waals surface area contributed by atoms with E-state index in [1.165, 1.54) is 236 Å². The Hall–Kier alpha value is -7.75. The SMILES string of the molecule is CC1(CCCCc2c(O)c(O)cc(O)c2CCCCCC2(C(=O)O)CC2)CC1.CC1(CCCCc2c(O)cc(O)c(O)c2CCCCCC2(C(=O)O)CC2)CC1.Cc1cc(C)c(CCCCC2(C)CC2)c(CCCCCC2(C(=O)O)CC2)c1C.Cc1cc(C)c(CCCCCC2(C(=O)O)CC2)c(CCCCC2(C)CC2)c1C.Cc1cc(CCCCCC2(C(=O)O)CC2)c(CCCCC2(C)CC2)c(C)c1C. The molecule has 11 N–H and O–H groups in total. The molecule has 0 aliphatic heterocycles. The molecular formula is C124H188O16. The highest BCUT2D eigenvalue weighted by molar-refractivity contribution is 5.79. The molecular weight excluding hydrogens is 1750 g/mol. The van der Waals surface area contributed by atoms with E-state index in [1.54, 1.807) is 33.4 Å². The fraction of sp³-hybridized carbons (Fsp3) is 0.718. The maximum absolute atomic E-state index is 11.3. The predicted molar refractivity (Wildman–Crippen MR) is 567 cm³/mol. The minimum absolute atomic E-state index is 0.0450. The molecule has 5 aromatic carbocycles. The first-order valence-electron chi connectivity index (χ1n) is 56.3. The van der Waals surface area contributed by atoms with Crippen molar-refractivity contribution in [2.45, 2.75) is 514 Å². The van der Waals surface area contributed by atoms with Gasteiger partial charge in [-0.3, -0.25) is 24.0 Å². The number of carbonyl (C=O) groups is 5. The van der Waals surface area contributed by atoms with E-state index in [-0.39, 0.29) is 50.7 Å². The number of aliphatic carboxylic acids is 5. The average Bonchev–Trinajstić information content (AvgIpc) is 1.65. The van der Waals surface area contributed by atoms with Crippen LogP contribution < -0.4 is 0 Å². The summed E-state index contributed by atoms with van der Waals surface area (Å²) >= 11 is 0. The standard InChI is InChI=1S/3C26H40O2.2C23H34O5/c1-19-18-20(2)22(10-7-9-12-25(4)14-15-25)23(21(19)3)11-6-5-8-13-26(16-17-26)24(27)28;1-19-18-22(10-6-5-8-13-26(16-17-26)24(27)28)23(21(3)20(19)2)11-7-9-12-25(4)14-15-25;1-19-18-20(2)22(10-6-5-8-13-26(16-17-26)24(27)28)23(21(19)3)11-7-9-12-25(4)14-15-25;1-22(11-12-22)9-6-4-7-16-17(20(26)19(25)15-18(16)24)8-3-2-5-10-23(13-14-23)21(27)28;1-22(11-12-22)9-6-4-8-17-16(18(24)15-19(25)20(17)26)7-3-2-5-10-23(13-14-23)21(27)28/h3*18H,5-17H2,1-4H3,(H,27,28);2*15,24-26H,2-14H2,1H3,(H,27,28). The lowest BCUT2D eigenvalue weighted by Crippen LogP contribution is -2.14. The fourth-order valence-electron chi connectivity index (χ4n) is 23.1. The molecule has 0 bridgehead atoms. The number of phenols is 6. The maximum atomic E-state index is 11.3. The van der Waals surface area contributed by atoms with Crippen LogP contribution in [0.5, 0.6) is 34.5 Å². The summed E-state index contributed by atoms with van der Waals surface area (Å²) in [6.07, 6.45) is 70.1. The molecule has 780 valence electrons. The van der Waals surface area contributed by atoms with Gasteiger partial charge < -0.3 is 56.2 Å². The normalized spacial score (nSPS) is 18.8. The van der Waals surface area contributed by atoms with Crippen molar-refractivity contribution >= 4 is 29.8 Å². The Balaban J connectivity index is 0.000000167. The Morgan fingerprint density at radius 3 is 0.650 bits per heavy atom. The predicted octanol–water partition coefficient (Wildman–Crippen LogP) is 31.8. The number of rotatable bonds is 60. The van der Waals surface area contributed by atoms with Crippen LogP contribution in [0.1, 0.15) is 493 Å². The van der Waals surface area contributed by atoms with Gasteiger partial charge in [0.15, 0.2) is 23.0 Å². The first kappa shape index (κ1) is 113. The Kier molecular flexibility index (Phi) is 39.7. The summed E-state index contributed by atoms with van der Waals surface area (Å²) in [4.78, 5) is 56.4. The zero-order valence-corrected chi connectivity index (χ0v) is 89.8. The largest absolute Gasteiger partial charge is 0.508 e. The second-order valence-corrected chi connectivity index (χ2v) is 49.5. The third kappa shape index (κ3) is 32.9. The lowest BCUT2D eigenvalue weighted by Gasteiger charge is -2.19. The van der Waals surface area contributed by atoms with E-state index in [2.05, 4.69) is 115 Å². The number of hydrogen-bond donors (Lipinski definition) is 11. The van der Waals surface area contributed by atoms with Crippen LogP contribution in [0.3, 0.4) is 0 Å². The number of carboxylic acid groups (broad SMARTS) is 5. The van der Waals surface area contributed by atoms with Gasteiger partial charge in [0, 0.05) is 34.4 Å². The summed E-state index contributed by atoms with van der Waals surface area (Å²) in [5, 5.41) is 108. The maximum Gasteiger partial charge on any atom is 0.309 e. The van der Waals surface area contributed by atoms with E-state index in [0.29, 0.717) is 70.3 Å². The number of unbranched alkanes of at least 4 members (excludes halogenated alkanes) is 15. The number of phenolic OH excluding ortho intramolecular Hbond substituents is 6. The number of benzene rings is 5. The molecule has 10 saturated carbocycles. The van der Waals surface area contributed by atoms with E-state index in [9.17, 15) is 80.1 Å². The summed E-state index contributed by atoms with van der Waals surface area (Å²) in [7, 11) is 0. The molecule has 0 aromatic heterocycles. The van der Waals surface area contributed by atoms with E-state index >= 15 is 0 Å². The smallest absolute Gasteiger partial charge is 0.309 e. The van der Waals surface area contributed by atoms with Crippen LogP contribution in [0, 0.1) is 116 Å². The second kappa shape index (κ2) is 49.4. The van der Waals surface area contributed by atoms with Crippen molar-refractivity contribution in [1.82, 2.24) is 0 Å². The van der Waals surface area contributed by atoms with Crippen molar-refractivity contribution in [3.63, 3.8) is 0 Å². The number of hydrogen-bond acceptors (Lipinski definition) is 11. The highest BCUT2D eigenvalue weighted by atomic mass is 16.4. The monoisotopic (exact) mass is 1930 g/mol. The molecule has 0 radical (unpaired) electrons. The molecule has 10 aliphatic rings. The second-order valence-electron chi connectivity index (χ2n) is 49.5. The van der Waals surface area contributed by atoms with Crippen LogP contribution in [0.2, 0.25) is 0 Å². The van der Waals surface area contributed by atoms with E-state index in [1.807, 2.05) is 0 Å². The lowest BCUT2D eigenvalue weighted by molar-refractivity contribution is -0.144. The molecule has 15 rings (SSSR count). The molecule has 10 fully saturated rings. The minimum Gasteiger partial charge on any atom is -0.508 e. The molecule has 5 aromatic rings. The van der Waals surface area contributed by atoms with Gasteiger partial charge in [0.1, 0.15) is 11.5 Å². The Labute approximate surface area is 843 Å². The van der Waals surface area contributed by atoms with Crippen LogP contribution in [0.25, 0.3) is 0 Å². The summed E-state index contributed by atoms with van der Waals surface area (Å²) in [5.74, 6) is -3.71. The highest BCUT2D eigenvalue weighted by Crippen LogP contribution is 2.58. The zero-order valence-electron chi connectivity index (χ0n) is 89.8. The number of aryl methyl sites for hydroxylation is 6. The van der Waals surface area contributed by atoms with Crippen molar-refractivity contribution in [2.24, 2.45) is 54.1 Å². The molecule has 16 nitrogen and oxygen atoms in total. The number of aromatic hydroxyl groups is 6. The van der Waals surface area contributed by atoms with Gasteiger partial charge >= 0.3 is 29.8 Å². The molecule has 16 heteroatoms. The van der Waals surface area contributed by atoms with Crippen molar-refractivity contribution in [2.75, 3.05) is 0 Å². The van der Waals surface area contributed by atoms with Gasteiger partial charge in [-0.15, -0.1) is 0 Å². The van der Waals surface area contributed by atoms with Crippen molar-refractivity contribution < 1.29 is 80.1 Å². The van der Waals surface area contributed by atoms with Gasteiger partial charge in [-0.05, 0) is 494 Å². The fourth-order valence-corrected chi connectivity index (χ4v) is 23.1. The molecule has 0 heterocycles. The van der Waals surface area contributed by atoms with E-state index < -0.39 is 40.7 Å². The van der Waals surface area contributed by atoms with E-state index in [4.69, 9.17) is 0 Å². The third-order valence-electron chi connectivity index (χ3n) is 37.2. The van der Waals surface area contributed by atoms with Gasteiger partial charge in [-0.2, -0.15) is 0 Å². The Morgan fingerprint density at radius 1 is 0.200 bits per heavy atom. The van der Waals surface area contributed by atoms with Crippen LogP contribution in [-0.2, 0) is 88.2 Å². The van der Waals surface area contributed by atoms with Gasteiger partial charge in [0.25, 0.3) is 0 Å². The Morgan fingerprint density at radius 2 is 0.407 bits per heavy atom. The molecule has 0 saturated heterocycles. The molecule has 0 spiro atoms. The summed E-state index contributed by atoms with van der Waals surface area (Å²) in [6.45, 7) is 32.4. The Bertz CT molecular complexity index is 4710. The molecule has 140 heavy (non-hydrogen) atoms. The molecule has 0 atom stereocenters. The topological polar surface area (TPSA) is 308 Å². The first-order valence-corrected chi connectivity index (χ1v) is 56.3. The zero-order chi connectivity index (χ0) is 102. The summed E-state index contributed by atoms with van der Waals surface area (Å²) in [6, 6.07) is 9.63. The lowest BCUT2D eigenvalue weighted by atomic mass is 9.87. The highest BCUT2D eigenvalue weighted by Gasteiger charge is 2.53. The van der Waals surface area contributed by atoms with Crippen molar-refractivity contribution in [3.05, 3.63) is 136 Å². The van der Waals surface area contributed by atoms with Crippen molar-refractivity contribution in [3.8, 4) is 34.5 Å². The number of carboxylic acids is 5. The van der Waals surface area contributed by atoms with Crippen molar-refractivity contribution in [1.29, 1.82) is 0 Å². The third-order valence-corrected chi connectivity index (χ3v) is 37.2. The molecule has 0 amide bonds. The van der Waals surface area contributed by atoms with E-state index in [0.717, 1.165) is 223 Å². The average molecular weight is 1930 g/mol. The quantitative estimate of drug-likeness (QED) is 0.00979. The van der Waals surface area contributed by atoms with Gasteiger partial charge in [0.2, 0.25) is 0 Å². The van der Waals surface area contributed by atoms with Crippen LogP contribution in [0.15, 0.2) is 30.3 Å². The van der Waals surface area contributed by atoms with Gasteiger partial charge in [-0.1, -0.05) is 149 Å². The van der Waals surface area contributed by atoms with Crippen LogP contribution >= 0.6 is 0 Å². The summed E-state index contributed by atoms with van der Waals surface area (Å²) in [5.41, 5.74) is 26.6.